The molecule has 0 bridgehead atoms. The molecule has 1 N–H and O–H groups in total. The van der Waals surface area contributed by atoms with Gasteiger partial charge in [-0.1, -0.05) is 35.9 Å². The largest absolute Gasteiger partial charge is 0.487 e. The van der Waals surface area contributed by atoms with Gasteiger partial charge in [0.1, 0.15) is 12.4 Å². The Labute approximate surface area is 179 Å². The summed E-state index contributed by atoms with van der Waals surface area (Å²) in [6.07, 6.45) is 0.0463. The van der Waals surface area contributed by atoms with E-state index in [9.17, 15) is 9.59 Å². The van der Waals surface area contributed by atoms with Crippen molar-refractivity contribution in [3.8, 4) is 5.75 Å². The van der Waals surface area contributed by atoms with Crippen molar-refractivity contribution in [1.82, 2.24) is 10.3 Å². The van der Waals surface area contributed by atoms with Gasteiger partial charge in [-0.3, -0.25) is 9.59 Å². The standard InChI is InChI=1S/C23H24N2O4S/c1-15-7-9-17(10-8-15)21(12-22(26)28-3)25-23(27)18-5-4-6-20(11-18)29-13-19-14-30-16(2)24-19/h4-11,14,21H,12-13H2,1-3H3,(H,25,27). The maximum absolute atomic E-state index is 12.9. The highest BCUT2D eigenvalue weighted by molar-refractivity contribution is 7.09. The lowest BCUT2D eigenvalue weighted by atomic mass is 10.0. The van der Waals surface area contributed by atoms with Crippen molar-refractivity contribution in [2.24, 2.45) is 0 Å². The Bertz CT molecular complexity index is 1010. The molecule has 1 amide bonds. The van der Waals surface area contributed by atoms with Crippen LogP contribution in [0.25, 0.3) is 0 Å². The summed E-state index contributed by atoms with van der Waals surface area (Å²) in [6.45, 7) is 4.26. The van der Waals surface area contributed by atoms with Gasteiger partial charge in [0, 0.05) is 10.9 Å². The minimum absolute atomic E-state index is 0.0463. The van der Waals surface area contributed by atoms with Crippen LogP contribution in [0, 0.1) is 13.8 Å². The highest BCUT2D eigenvalue weighted by Crippen LogP contribution is 2.21. The number of methoxy groups -OCH3 is 1. The molecule has 0 fully saturated rings. The van der Waals surface area contributed by atoms with Crippen LogP contribution >= 0.6 is 11.3 Å². The molecule has 2 aromatic carbocycles. The first kappa shape index (κ1) is 21.5. The van der Waals surface area contributed by atoms with Crippen LogP contribution < -0.4 is 10.1 Å². The van der Waals surface area contributed by atoms with E-state index >= 15 is 0 Å². The molecule has 3 aromatic rings. The Kier molecular flexibility index (Phi) is 7.19. The van der Waals surface area contributed by atoms with Gasteiger partial charge >= 0.3 is 5.97 Å². The van der Waals surface area contributed by atoms with Gasteiger partial charge in [0.25, 0.3) is 5.91 Å². The highest BCUT2D eigenvalue weighted by atomic mass is 32.1. The first-order chi connectivity index (χ1) is 14.4. The second-order valence-electron chi connectivity index (χ2n) is 6.89. The number of aromatic nitrogens is 1. The van der Waals surface area contributed by atoms with Crippen LogP contribution in [0.1, 0.15) is 44.6 Å². The maximum atomic E-state index is 12.9. The van der Waals surface area contributed by atoms with Crippen LogP contribution in [0.4, 0.5) is 0 Å². The Balaban J connectivity index is 1.71. The van der Waals surface area contributed by atoms with E-state index in [0.29, 0.717) is 17.9 Å². The van der Waals surface area contributed by atoms with Crippen molar-refractivity contribution in [3.63, 3.8) is 0 Å². The van der Waals surface area contributed by atoms with E-state index in [0.717, 1.165) is 21.8 Å². The molecule has 1 heterocycles. The molecule has 156 valence electrons. The van der Waals surface area contributed by atoms with Gasteiger partial charge in [0.2, 0.25) is 0 Å². The molecular weight excluding hydrogens is 400 g/mol. The lowest BCUT2D eigenvalue weighted by Gasteiger charge is -2.19. The van der Waals surface area contributed by atoms with Gasteiger partial charge in [-0.2, -0.15) is 0 Å². The van der Waals surface area contributed by atoms with Crippen molar-refractivity contribution in [1.29, 1.82) is 0 Å². The number of rotatable bonds is 8. The molecule has 1 aromatic heterocycles. The second kappa shape index (κ2) is 10.0. The quantitative estimate of drug-likeness (QED) is 0.543. The summed E-state index contributed by atoms with van der Waals surface area (Å²) in [7, 11) is 1.33. The van der Waals surface area contributed by atoms with E-state index < -0.39 is 12.0 Å². The number of nitrogens with one attached hydrogen (secondary N) is 1. The first-order valence-electron chi connectivity index (χ1n) is 9.52. The third kappa shape index (κ3) is 5.90. The van der Waals surface area contributed by atoms with E-state index in [4.69, 9.17) is 9.47 Å². The summed E-state index contributed by atoms with van der Waals surface area (Å²) in [5.74, 6) is -0.107. The van der Waals surface area contributed by atoms with E-state index in [2.05, 4.69) is 10.3 Å². The second-order valence-corrected chi connectivity index (χ2v) is 7.95. The SMILES string of the molecule is COC(=O)CC(NC(=O)c1cccc(OCc2csc(C)n2)c1)c1ccc(C)cc1. The Hall–Kier alpha value is -3.19. The van der Waals surface area contributed by atoms with Gasteiger partial charge in [-0.05, 0) is 37.6 Å². The topological polar surface area (TPSA) is 77.5 Å². The molecule has 0 spiro atoms. The highest BCUT2D eigenvalue weighted by Gasteiger charge is 2.20. The van der Waals surface area contributed by atoms with Gasteiger partial charge in [-0.25, -0.2) is 4.98 Å². The summed E-state index contributed by atoms with van der Waals surface area (Å²) >= 11 is 1.57. The van der Waals surface area contributed by atoms with Gasteiger partial charge in [-0.15, -0.1) is 11.3 Å². The normalized spacial score (nSPS) is 11.6. The molecule has 1 unspecified atom stereocenters. The Morgan fingerprint density at radius 3 is 2.57 bits per heavy atom. The zero-order valence-electron chi connectivity index (χ0n) is 17.2. The molecule has 3 rings (SSSR count). The van der Waals surface area contributed by atoms with E-state index in [-0.39, 0.29) is 12.3 Å². The van der Waals surface area contributed by atoms with E-state index in [1.54, 1.807) is 35.6 Å². The lowest BCUT2D eigenvalue weighted by Crippen LogP contribution is -2.30. The van der Waals surface area contributed by atoms with Crippen molar-refractivity contribution in [3.05, 3.63) is 81.3 Å². The fraction of sp³-hybridized carbons (Fsp3) is 0.261. The number of hydrogen-bond donors (Lipinski definition) is 1. The fourth-order valence-electron chi connectivity index (χ4n) is 2.90. The zero-order chi connectivity index (χ0) is 21.5. The number of amides is 1. The number of hydrogen-bond acceptors (Lipinski definition) is 6. The van der Waals surface area contributed by atoms with Crippen LogP contribution in [0.15, 0.2) is 53.9 Å². The summed E-state index contributed by atoms with van der Waals surface area (Å²) < 4.78 is 10.6. The molecule has 6 nitrogen and oxygen atoms in total. The van der Waals surface area contributed by atoms with Crippen molar-refractivity contribution in [2.75, 3.05) is 7.11 Å². The van der Waals surface area contributed by atoms with Gasteiger partial charge in [0.05, 0.1) is 30.3 Å². The van der Waals surface area contributed by atoms with Crippen molar-refractivity contribution in [2.45, 2.75) is 32.9 Å². The molecule has 0 saturated carbocycles. The zero-order valence-corrected chi connectivity index (χ0v) is 18.0. The van der Waals surface area contributed by atoms with Gasteiger partial charge in [0.15, 0.2) is 0 Å². The number of benzene rings is 2. The van der Waals surface area contributed by atoms with Gasteiger partial charge < -0.3 is 14.8 Å². The Morgan fingerprint density at radius 2 is 1.90 bits per heavy atom. The van der Waals surface area contributed by atoms with Crippen molar-refractivity contribution >= 4 is 23.2 Å². The molecule has 0 aliphatic carbocycles. The number of aryl methyl sites for hydroxylation is 2. The van der Waals surface area contributed by atoms with Crippen LogP contribution in [-0.4, -0.2) is 24.0 Å². The fourth-order valence-corrected chi connectivity index (χ4v) is 3.50. The number of esters is 1. The molecule has 1 atom stereocenters. The number of carbonyl (C=O) groups is 2. The molecule has 0 saturated heterocycles. The predicted octanol–water partition coefficient (Wildman–Crippen LogP) is 4.37. The summed E-state index contributed by atoms with van der Waals surface area (Å²) in [5.41, 5.74) is 3.24. The minimum Gasteiger partial charge on any atom is -0.487 e. The molecule has 0 radical (unpaired) electrons. The van der Waals surface area contributed by atoms with Crippen LogP contribution in [0.2, 0.25) is 0 Å². The third-order valence-electron chi connectivity index (χ3n) is 4.53. The summed E-state index contributed by atoms with van der Waals surface area (Å²) in [4.78, 5) is 29.1. The number of carbonyl (C=O) groups excluding carboxylic acids is 2. The molecular formula is C23H24N2O4S. The van der Waals surface area contributed by atoms with Crippen LogP contribution in [0.3, 0.4) is 0 Å². The summed E-state index contributed by atoms with van der Waals surface area (Å²) in [6, 6.07) is 14.1. The molecule has 30 heavy (non-hydrogen) atoms. The smallest absolute Gasteiger partial charge is 0.307 e. The van der Waals surface area contributed by atoms with E-state index in [1.165, 1.54) is 7.11 Å². The number of ether oxygens (including phenoxy) is 2. The third-order valence-corrected chi connectivity index (χ3v) is 5.36. The van der Waals surface area contributed by atoms with Crippen LogP contribution in [-0.2, 0) is 16.1 Å². The van der Waals surface area contributed by atoms with E-state index in [1.807, 2.05) is 43.5 Å². The predicted molar refractivity (Wildman–Crippen MR) is 116 cm³/mol. The minimum atomic E-state index is -0.492. The summed E-state index contributed by atoms with van der Waals surface area (Å²) in [5, 5.41) is 5.86. The number of thiazole rings is 1. The lowest BCUT2D eigenvalue weighted by molar-refractivity contribution is -0.141. The molecule has 7 heteroatoms. The average molecular weight is 425 g/mol. The maximum Gasteiger partial charge on any atom is 0.307 e. The molecule has 0 aliphatic heterocycles. The monoisotopic (exact) mass is 424 g/mol. The average Bonchev–Trinajstić information content (AvgIpc) is 3.17. The number of nitrogens with zero attached hydrogens (tertiary/aromatic N) is 1. The molecule has 0 aliphatic rings. The van der Waals surface area contributed by atoms with Crippen molar-refractivity contribution < 1.29 is 19.1 Å². The first-order valence-corrected chi connectivity index (χ1v) is 10.4. The van der Waals surface area contributed by atoms with Crippen LogP contribution in [0.5, 0.6) is 5.75 Å². The Morgan fingerprint density at radius 1 is 1.13 bits per heavy atom.